The molecule has 3 nitrogen and oxygen atoms in total. The van der Waals surface area contributed by atoms with Crippen molar-refractivity contribution in [3.05, 3.63) is 23.8 Å². The molecule has 0 aromatic heterocycles. The average molecular weight is 362 g/mol. The van der Waals surface area contributed by atoms with E-state index in [-0.39, 0.29) is 5.91 Å². The molecular weight excluding hydrogens is 347 g/mol. The highest BCUT2D eigenvalue weighted by molar-refractivity contribution is 14.1. The van der Waals surface area contributed by atoms with Crippen LogP contribution in [-0.4, -0.2) is 15.6 Å². The lowest BCUT2D eigenvalue weighted by Gasteiger charge is -2.20. The zero-order chi connectivity index (χ0) is 12.4. The second-order valence-electron chi connectivity index (χ2n) is 4.24. The molecule has 1 unspecified atom stereocenters. The maximum absolute atomic E-state index is 11.1. The van der Waals surface area contributed by atoms with Gasteiger partial charge in [0.15, 0.2) is 0 Å². The molecule has 1 aromatic carbocycles. The maximum atomic E-state index is 11.1. The topological polar surface area (TPSA) is 32.3 Å². The van der Waals surface area contributed by atoms with Crippen molar-refractivity contribution in [1.82, 2.24) is 3.11 Å². The third-order valence-electron chi connectivity index (χ3n) is 2.89. The lowest BCUT2D eigenvalue weighted by Crippen LogP contribution is -2.12. The molecule has 1 fully saturated rings. The Kier molecular flexibility index (Phi) is 4.32. The Balaban J connectivity index is 2.28. The molecule has 1 heterocycles. The molecule has 1 atom stereocenters. The summed E-state index contributed by atoms with van der Waals surface area (Å²) in [5, 5.41) is 2.82. The number of halogens is 1. The van der Waals surface area contributed by atoms with Gasteiger partial charge in [-0.25, -0.2) is 3.11 Å². The number of rotatable bonds is 2. The lowest BCUT2D eigenvalue weighted by atomic mass is 10.0. The van der Waals surface area contributed by atoms with Crippen molar-refractivity contribution >= 4 is 47.1 Å². The van der Waals surface area contributed by atoms with Crippen molar-refractivity contribution in [1.29, 1.82) is 0 Å². The van der Waals surface area contributed by atoms with E-state index in [9.17, 15) is 4.79 Å². The van der Waals surface area contributed by atoms with Crippen LogP contribution in [0.3, 0.4) is 0 Å². The molecule has 1 aliphatic heterocycles. The van der Waals surface area contributed by atoms with Crippen LogP contribution in [0.1, 0.15) is 31.4 Å². The number of carbonyl (C=O) groups excluding carboxylic acids is 1. The number of benzene rings is 1. The standard InChI is InChI=1S/C12H15IN2OS/c1-8(16)14-9-4-5-12(17)10(7-9)11-3-2-6-15(11)13/h4-5,7,11,17H,2-3,6H2,1H3,(H,14,16). The molecule has 0 saturated carbocycles. The molecule has 0 bridgehead atoms. The second kappa shape index (κ2) is 5.58. The summed E-state index contributed by atoms with van der Waals surface area (Å²) in [5.74, 6) is -0.0411. The van der Waals surface area contributed by atoms with E-state index in [2.05, 4.69) is 43.9 Å². The fourth-order valence-electron chi connectivity index (χ4n) is 2.14. The van der Waals surface area contributed by atoms with Gasteiger partial charge in [-0.2, -0.15) is 0 Å². The van der Waals surface area contributed by atoms with Crippen molar-refractivity contribution in [2.45, 2.75) is 30.7 Å². The van der Waals surface area contributed by atoms with E-state index in [4.69, 9.17) is 0 Å². The van der Waals surface area contributed by atoms with Gasteiger partial charge in [0.05, 0.1) is 0 Å². The number of carbonyl (C=O) groups is 1. The van der Waals surface area contributed by atoms with Crippen LogP contribution < -0.4 is 5.32 Å². The molecule has 0 spiro atoms. The van der Waals surface area contributed by atoms with Gasteiger partial charge in [0.1, 0.15) is 0 Å². The first-order valence-corrected chi connectivity index (χ1v) is 7.02. The van der Waals surface area contributed by atoms with E-state index in [1.807, 2.05) is 18.2 Å². The van der Waals surface area contributed by atoms with Gasteiger partial charge in [-0.1, -0.05) is 0 Å². The molecule has 2 rings (SSSR count). The number of nitrogens with one attached hydrogen (secondary N) is 1. The van der Waals surface area contributed by atoms with Crippen molar-refractivity contribution in [2.24, 2.45) is 0 Å². The zero-order valence-electron chi connectivity index (χ0n) is 9.61. The van der Waals surface area contributed by atoms with E-state index in [1.165, 1.54) is 18.9 Å². The maximum Gasteiger partial charge on any atom is 0.221 e. The minimum Gasteiger partial charge on any atom is -0.326 e. The van der Waals surface area contributed by atoms with Crippen molar-refractivity contribution in [2.75, 3.05) is 11.9 Å². The summed E-state index contributed by atoms with van der Waals surface area (Å²) in [6.07, 6.45) is 2.37. The number of nitrogens with zero attached hydrogens (tertiary/aromatic N) is 1. The van der Waals surface area contributed by atoms with Crippen LogP contribution in [0.5, 0.6) is 0 Å². The third-order valence-corrected chi connectivity index (χ3v) is 4.46. The Bertz CT molecular complexity index is 439. The van der Waals surface area contributed by atoms with E-state index in [1.54, 1.807) is 0 Å². The summed E-state index contributed by atoms with van der Waals surface area (Å²) >= 11 is 6.87. The summed E-state index contributed by atoms with van der Waals surface area (Å²) in [7, 11) is 0. The SMILES string of the molecule is CC(=O)Nc1ccc(S)c(C2CCCN2I)c1. The number of thiol groups is 1. The highest BCUT2D eigenvalue weighted by atomic mass is 127. The lowest BCUT2D eigenvalue weighted by molar-refractivity contribution is -0.114. The number of hydrogen-bond acceptors (Lipinski definition) is 3. The van der Waals surface area contributed by atoms with Gasteiger partial charge in [0, 0.05) is 53.0 Å². The van der Waals surface area contributed by atoms with Crippen molar-refractivity contribution < 1.29 is 4.79 Å². The molecule has 5 heteroatoms. The average Bonchev–Trinajstić information content (AvgIpc) is 2.67. The first kappa shape index (κ1) is 13.2. The van der Waals surface area contributed by atoms with Crippen molar-refractivity contribution in [3.63, 3.8) is 0 Å². The Labute approximate surface area is 121 Å². The Hall–Kier alpha value is -0.270. The Morgan fingerprint density at radius 2 is 2.35 bits per heavy atom. The summed E-state index contributed by atoms with van der Waals surface area (Å²) in [6.45, 7) is 2.64. The van der Waals surface area contributed by atoms with Crippen LogP contribution in [-0.2, 0) is 4.79 Å². The first-order valence-electron chi connectivity index (χ1n) is 5.61. The minimum absolute atomic E-state index is 0.0411. The number of amides is 1. The molecule has 92 valence electrons. The Morgan fingerprint density at radius 1 is 1.59 bits per heavy atom. The van der Waals surface area contributed by atoms with Crippen LogP contribution in [0.15, 0.2) is 23.1 Å². The van der Waals surface area contributed by atoms with Gasteiger partial charge in [0.2, 0.25) is 5.91 Å². The van der Waals surface area contributed by atoms with Gasteiger partial charge < -0.3 is 5.32 Å². The van der Waals surface area contributed by atoms with Gasteiger partial charge in [-0.3, -0.25) is 4.79 Å². The quantitative estimate of drug-likeness (QED) is 0.480. The summed E-state index contributed by atoms with van der Waals surface area (Å²) in [6, 6.07) is 6.29. The largest absolute Gasteiger partial charge is 0.326 e. The predicted molar refractivity (Wildman–Crippen MR) is 80.7 cm³/mol. The van der Waals surface area contributed by atoms with Gasteiger partial charge in [-0.15, -0.1) is 12.6 Å². The van der Waals surface area contributed by atoms with Gasteiger partial charge in [-0.05, 0) is 36.6 Å². The molecule has 0 aliphatic carbocycles. The molecule has 17 heavy (non-hydrogen) atoms. The predicted octanol–water partition coefficient (Wildman–Crippen LogP) is 3.42. The van der Waals surface area contributed by atoms with Crippen LogP contribution in [0.4, 0.5) is 5.69 Å². The van der Waals surface area contributed by atoms with E-state index < -0.39 is 0 Å². The fraction of sp³-hybridized carbons (Fsp3) is 0.417. The molecule has 1 N–H and O–H groups in total. The second-order valence-corrected chi connectivity index (χ2v) is 5.96. The molecule has 0 radical (unpaired) electrons. The monoisotopic (exact) mass is 362 g/mol. The van der Waals surface area contributed by atoms with Crippen LogP contribution in [0, 0.1) is 0 Å². The normalized spacial score (nSPS) is 20.5. The molecule has 1 saturated heterocycles. The summed E-state index contributed by atoms with van der Waals surface area (Å²) in [5.41, 5.74) is 2.05. The minimum atomic E-state index is -0.0411. The van der Waals surface area contributed by atoms with E-state index >= 15 is 0 Å². The molecular formula is C12H15IN2OS. The van der Waals surface area contributed by atoms with Crippen LogP contribution in [0.2, 0.25) is 0 Å². The fourth-order valence-corrected chi connectivity index (χ4v) is 3.35. The van der Waals surface area contributed by atoms with Crippen LogP contribution >= 0.6 is 35.5 Å². The summed E-state index contributed by atoms with van der Waals surface area (Å²) < 4.78 is 2.31. The van der Waals surface area contributed by atoms with Gasteiger partial charge in [0.25, 0.3) is 0 Å². The molecule has 1 aromatic rings. The van der Waals surface area contributed by atoms with E-state index in [0.717, 1.165) is 23.5 Å². The van der Waals surface area contributed by atoms with Crippen molar-refractivity contribution in [3.8, 4) is 0 Å². The van der Waals surface area contributed by atoms with E-state index in [0.29, 0.717) is 6.04 Å². The highest BCUT2D eigenvalue weighted by Gasteiger charge is 2.25. The number of hydrogen-bond donors (Lipinski definition) is 2. The zero-order valence-corrected chi connectivity index (χ0v) is 12.7. The van der Waals surface area contributed by atoms with Crippen LogP contribution in [0.25, 0.3) is 0 Å². The molecule has 1 aliphatic rings. The Morgan fingerprint density at radius 3 is 2.94 bits per heavy atom. The smallest absolute Gasteiger partial charge is 0.221 e. The summed E-state index contributed by atoms with van der Waals surface area (Å²) in [4.78, 5) is 12.0. The third kappa shape index (κ3) is 3.14. The highest BCUT2D eigenvalue weighted by Crippen LogP contribution is 2.38. The van der Waals surface area contributed by atoms with Gasteiger partial charge >= 0.3 is 0 Å². The molecule has 1 amide bonds. The first-order chi connectivity index (χ1) is 8.08. The number of anilines is 1.